The third kappa shape index (κ3) is 5.87. The van der Waals surface area contributed by atoms with Gasteiger partial charge in [-0.05, 0) is 54.3 Å². The third-order valence-corrected chi connectivity index (χ3v) is 5.50. The fourth-order valence-electron chi connectivity index (χ4n) is 3.80. The quantitative estimate of drug-likeness (QED) is 0.597. The zero-order valence-corrected chi connectivity index (χ0v) is 17.7. The van der Waals surface area contributed by atoms with Crippen LogP contribution in [0.4, 0.5) is 13.2 Å². The number of carbonyl (C=O) groups is 1. The zero-order chi connectivity index (χ0) is 23.4. The number of rotatable bonds is 6. The van der Waals surface area contributed by atoms with E-state index in [1.54, 1.807) is 12.3 Å². The first-order chi connectivity index (χ1) is 15.8. The van der Waals surface area contributed by atoms with Gasteiger partial charge in [0.2, 0.25) is 0 Å². The smallest absolute Gasteiger partial charge is 0.416 e. The maximum absolute atomic E-state index is 12.8. The van der Waals surface area contributed by atoms with E-state index in [-0.39, 0.29) is 6.61 Å². The second kappa shape index (κ2) is 9.58. The van der Waals surface area contributed by atoms with E-state index in [1.807, 2.05) is 18.2 Å². The Morgan fingerprint density at radius 1 is 1.03 bits per heavy atom. The van der Waals surface area contributed by atoms with Crippen LogP contribution in [0, 0.1) is 0 Å². The third-order valence-electron chi connectivity index (χ3n) is 5.50. The van der Waals surface area contributed by atoms with Gasteiger partial charge in [-0.2, -0.15) is 13.2 Å². The normalized spacial score (nSPS) is 14.4. The second-order valence-electron chi connectivity index (χ2n) is 7.84. The molecule has 172 valence electrons. The predicted octanol–water partition coefficient (Wildman–Crippen LogP) is 4.23. The number of aliphatic carboxylic acids is 1. The molecular formula is C24H22F3N3O3. The Balaban J connectivity index is 1.42. The Hall–Kier alpha value is -3.46. The van der Waals surface area contributed by atoms with Crippen molar-refractivity contribution < 1.29 is 27.8 Å². The fourth-order valence-corrected chi connectivity index (χ4v) is 3.80. The van der Waals surface area contributed by atoms with Gasteiger partial charge in [-0.15, -0.1) is 0 Å². The van der Waals surface area contributed by atoms with E-state index in [0.29, 0.717) is 23.7 Å². The maximum Gasteiger partial charge on any atom is 0.416 e. The Morgan fingerprint density at radius 3 is 2.45 bits per heavy atom. The van der Waals surface area contributed by atoms with Gasteiger partial charge in [0.25, 0.3) is 0 Å². The number of hydrogen-bond donors (Lipinski definition) is 1. The molecule has 4 rings (SSSR count). The number of benzene rings is 2. The minimum atomic E-state index is -4.38. The molecular weight excluding hydrogens is 435 g/mol. The minimum absolute atomic E-state index is 0.375. The molecule has 1 aromatic heterocycles. The van der Waals surface area contributed by atoms with Crippen molar-refractivity contribution >= 4 is 5.97 Å². The number of carboxylic acids is 1. The number of alkyl halides is 3. The molecule has 9 heteroatoms. The molecule has 0 aliphatic carbocycles. The summed E-state index contributed by atoms with van der Waals surface area (Å²) >= 11 is 0. The number of fused-ring (bicyclic) bond motifs is 1. The Bertz CT molecular complexity index is 1130. The zero-order valence-electron chi connectivity index (χ0n) is 17.7. The first-order valence-corrected chi connectivity index (χ1v) is 10.5. The van der Waals surface area contributed by atoms with Gasteiger partial charge in [-0.25, -0.2) is 14.8 Å². The predicted molar refractivity (Wildman–Crippen MR) is 115 cm³/mol. The summed E-state index contributed by atoms with van der Waals surface area (Å²) in [5, 5.41) is 8.78. The van der Waals surface area contributed by atoms with Crippen LogP contribution < -0.4 is 4.74 Å². The standard InChI is InChI=1S/C24H22F3N3O3/c25-24(26,27)19-4-1-17(2-5-19)23-28-10-7-20(29-23)14-30-11-8-16-3-6-21(33-15-22(31)32)13-18(16)9-12-30/h1-7,10,13H,8-9,11-12,14-15H2,(H,31,32). The molecule has 0 unspecified atom stereocenters. The minimum Gasteiger partial charge on any atom is -0.482 e. The summed E-state index contributed by atoms with van der Waals surface area (Å²) in [6.07, 6.45) is -1.13. The summed E-state index contributed by atoms with van der Waals surface area (Å²) in [4.78, 5) is 21.7. The SMILES string of the molecule is O=C(O)COc1ccc2c(c1)CCN(Cc1ccnc(-c3ccc(C(F)(F)F)cc3)n1)CC2. The highest BCUT2D eigenvalue weighted by Gasteiger charge is 2.30. The van der Waals surface area contributed by atoms with Crippen molar-refractivity contribution in [1.82, 2.24) is 14.9 Å². The summed E-state index contributed by atoms with van der Waals surface area (Å²) in [6.45, 7) is 1.82. The largest absolute Gasteiger partial charge is 0.482 e. The van der Waals surface area contributed by atoms with Crippen molar-refractivity contribution in [3.63, 3.8) is 0 Å². The Labute approximate surface area is 188 Å². The van der Waals surface area contributed by atoms with Crippen molar-refractivity contribution in [2.75, 3.05) is 19.7 Å². The lowest BCUT2D eigenvalue weighted by Gasteiger charge is -2.19. The number of nitrogens with zero attached hydrogens (tertiary/aromatic N) is 3. The van der Waals surface area contributed by atoms with Crippen LogP contribution in [-0.2, 0) is 30.4 Å². The van der Waals surface area contributed by atoms with Gasteiger partial charge < -0.3 is 9.84 Å². The summed E-state index contributed by atoms with van der Waals surface area (Å²) in [7, 11) is 0. The van der Waals surface area contributed by atoms with Gasteiger partial charge in [0.15, 0.2) is 12.4 Å². The highest BCUT2D eigenvalue weighted by atomic mass is 19.4. The number of aromatic nitrogens is 2. The molecule has 0 saturated heterocycles. The Morgan fingerprint density at radius 2 is 1.76 bits per heavy atom. The molecule has 1 aliphatic rings. The van der Waals surface area contributed by atoms with E-state index in [9.17, 15) is 18.0 Å². The van der Waals surface area contributed by atoms with Crippen LogP contribution in [0.5, 0.6) is 5.75 Å². The molecule has 2 aromatic carbocycles. The summed E-state index contributed by atoms with van der Waals surface area (Å²) in [5.74, 6) is -0.0854. The van der Waals surface area contributed by atoms with Crippen LogP contribution >= 0.6 is 0 Å². The van der Waals surface area contributed by atoms with Gasteiger partial charge in [-0.3, -0.25) is 4.90 Å². The van der Waals surface area contributed by atoms with Crippen LogP contribution in [0.15, 0.2) is 54.7 Å². The topological polar surface area (TPSA) is 75.6 Å². The van der Waals surface area contributed by atoms with Crippen LogP contribution in [0.1, 0.15) is 22.4 Å². The lowest BCUT2D eigenvalue weighted by atomic mass is 10.0. The fraction of sp³-hybridized carbons (Fsp3) is 0.292. The molecule has 33 heavy (non-hydrogen) atoms. The highest BCUT2D eigenvalue weighted by molar-refractivity contribution is 5.68. The van der Waals surface area contributed by atoms with Gasteiger partial charge in [0, 0.05) is 31.4 Å². The Kier molecular flexibility index (Phi) is 6.60. The molecule has 3 aromatic rings. The number of hydrogen-bond acceptors (Lipinski definition) is 5. The summed E-state index contributed by atoms with van der Waals surface area (Å²) in [6, 6.07) is 12.3. The molecule has 0 bridgehead atoms. The number of ether oxygens (including phenoxy) is 1. The number of halogens is 3. The molecule has 0 fully saturated rings. The van der Waals surface area contributed by atoms with E-state index in [4.69, 9.17) is 9.84 Å². The van der Waals surface area contributed by atoms with Crippen molar-refractivity contribution in [3.8, 4) is 17.1 Å². The first-order valence-electron chi connectivity index (χ1n) is 10.5. The van der Waals surface area contributed by atoms with Crippen LogP contribution in [-0.4, -0.2) is 45.6 Å². The van der Waals surface area contributed by atoms with E-state index in [1.165, 1.54) is 17.7 Å². The maximum atomic E-state index is 12.8. The molecule has 2 heterocycles. The molecule has 1 N–H and O–H groups in total. The van der Waals surface area contributed by atoms with Gasteiger partial charge in [0.1, 0.15) is 5.75 Å². The van der Waals surface area contributed by atoms with E-state index >= 15 is 0 Å². The van der Waals surface area contributed by atoms with Crippen LogP contribution in [0.3, 0.4) is 0 Å². The highest BCUT2D eigenvalue weighted by Crippen LogP contribution is 2.30. The van der Waals surface area contributed by atoms with Crippen molar-refractivity contribution in [2.24, 2.45) is 0 Å². The van der Waals surface area contributed by atoms with E-state index in [0.717, 1.165) is 49.3 Å². The summed E-state index contributed by atoms with van der Waals surface area (Å²) < 4.78 is 43.7. The average Bonchev–Trinajstić information content (AvgIpc) is 2.99. The summed E-state index contributed by atoms with van der Waals surface area (Å²) in [5.41, 5.74) is 2.95. The van der Waals surface area contributed by atoms with Gasteiger partial charge >= 0.3 is 12.1 Å². The number of carboxylic acid groups (broad SMARTS) is 1. The first kappa shape index (κ1) is 22.7. The lowest BCUT2D eigenvalue weighted by molar-refractivity contribution is -0.139. The van der Waals surface area contributed by atoms with Gasteiger partial charge in [-0.1, -0.05) is 18.2 Å². The average molecular weight is 457 g/mol. The lowest BCUT2D eigenvalue weighted by Crippen LogP contribution is -2.26. The van der Waals surface area contributed by atoms with Crippen molar-refractivity contribution in [1.29, 1.82) is 0 Å². The molecule has 0 radical (unpaired) electrons. The van der Waals surface area contributed by atoms with Crippen LogP contribution in [0.2, 0.25) is 0 Å². The van der Waals surface area contributed by atoms with Crippen molar-refractivity contribution in [3.05, 3.63) is 77.1 Å². The second-order valence-corrected chi connectivity index (χ2v) is 7.84. The molecule has 1 aliphatic heterocycles. The van der Waals surface area contributed by atoms with E-state index < -0.39 is 17.7 Å². The van der Waals surface area contributed by atoms with Crippen LogP contribution in [0.25, 0.3) is 11.4 Å². The van der Waals surface area contributed by atoms with Crippen molar-refractivity contribution in [2.45, 2.75) is 25.6 Å². The monoisotopic (exact) mass is 457 g/mol. The van der Waals surface area contributed by atoms with Gasteiger partial charge in [0.05, 0.1) is 11.3 Å². The molecule has 0 saturated carbocycles. The molecule has 0 atom stereocenters. The molecule has 0 spiro atoms. The molecule has 6 nitrogen and oxygen atoms in total. The van der Waals surface area contributed by atoms with E-state index in [2.05, 4.69) is 14.9 Å². The molecule has 0 amide bonds.